The van der Waals surface area contributed by atoms with Gasteiger partial charge in [-0.2, -0.15) is 0 Å². The Kier molecular flexibility index (Phi) is 56.3. The lowest BCUT2D eigenvalue weighted by molar-refractivity contribution is -0.167. The molecule has 0 radical (unpaired) electrons. The average molecular weight is 990 g/mol. The first-order valence-electron chi connectivity index (χ1n) is 30.1. The number of hydrogen-bond donors (Lipinski definition) is 0. The second-order valence-corrected chi connectivity index (χ2v) is 19.9. The Balaban J connectivity index is 4.50. The fourth-order valence-electron chi connectivity index (χ4n) is 8.33. The molecule has 0 aliphatic rings. The fourth-order valence-corrected chi connectivity index (χ4v) is 8.33. The molecule has 0 aromatic rings. The number of carbonyl (C=O) groups is 3. The largest absolute Gasteiger partial charge is 0.462 e. The molecule has 0 saturated heterocycles. The van der Waals surface area contributed by atoms with Crippen LogP contribution in [-0.4, -0.2) is 37.2 Å². The summed E-state index contributed by atoms with van der Waals surface area (Å²) in [6, 6.07) is 0. The maximum atomic E-state index is 12.8. The molecule has 0 saturated carbocycles. The van der Waals surface area contributed by atoms with Gasteiger partial charge in [0.1, 0.15) is 13.2 Å². The van der Waals surface area contributed by atoms with Gasteiger partial charge in [-0.25, -0.2) is 0 Å². The Morgan fingerprint density at radius 1 is 0.282 bits per heavy atom. The SMILES string of the molecule is CCCCC/C=C\C/C=C\C/C=C\C/C=C\CCCC(=O)O[C@H](COC(=O)CCC/C=C\C/C=C\C/C=C\CCCCCCCC)COC(=O)CCCCCCCCCCCCCCCCCCCCC. The van der Waals surface area contributed by atoms with Crippen molar-refractivity contribution in [2.24, 2.45) is 0 Å². The van der Waals surface area contributed by atoms with Gasteiger partial charge in [0.05, 0.1) is 0 Å². The topological polar surface area (TPSA) is 78.9 Å². The average Bonchev–Trinajstić information content (AvgIpc) is 3.37. The van der Waals surface area contributed by atoms with Gasteiger partial charge in [0, 0.05) is 19.3 Å². The summed E-state index contributed by atoms with van der Waals surface area (Å²) in [5.74, 6) is -1.01. The van der Waals surface area contributed by atoms with Crippen molar-refractivity contribution in [3.8, 4) is 0 Å². The molecule has 0 rings (SSSR count). The van der Waals surface area contributed by atoms with E-state index in [1.807, 2.05) is 0 Å². The summed E-state index contributed by atoms with van der Waals surface area (Å²) in [4.78, 5) is 38.2. The Hall–Kier alpha value is -3.41. The number of rotatable bonds is 54. The Labute approximate surface area is 439 Å². The van der Waals surface area contributed by atoms with Gasteiger partial charge in [-0.3, -0.25) is 14.4 Å². The molecular formula is C65H112O6. The minimum Gasteiger partial charge on any atom is -0.462 e. The fraction of sp³-hybridized carbons (Fsp3) is 0.738. The van der Waals surface area contributed by atoms with Crippen molar-refractivity contribution >= 4 is 17.9 Å². The van der Waals surface area contributed by atoms with Crippen LogP contribution in [-0.2, 0) is 28.6 Å². The molecule has 0 heterocycles. The predicted molar refractivity (Wildman–Crippen MR) is 307 cm³/mol. The van der Waals surface area contributed by atoms with Gasteiger partial charge in [0.25, 0.3) is 0 Å². The van der Waals surface area contributed by atoms with E-state index in [-0.39, 0.29) is 44.0 Å². The van der Waals surface area contributed by atoms with Crippen LogP contribution in [0.1, 0.15) is 290 Å². The summed E-state index contributed by atoms with van der Waals surface area (Å²) >= 11 is 0. The molecule has 0 aliphatic heterocycles. The molecule has 6 heteroatoms. The van der Waals surface area contributed by atoms with E-state index in [1.165, 1.54) is 173 Å². The Bertz CT molecular complexity index is 1370. The zero-order valence-corrected chi connectivity index (χ0v) is 46.7. The Morgan fingerprint density at radius 2 is 0.521 bits per heavy atom. The highest BCUT2D eigenvalue weighted by Crippen LogP contribution is 2.16. The summed E-state index contributed by atoms with van der Waals surface area (Å²) in [5, 5.41) is 0. The summed E-state index contributed by atoms with van der Waals surface area (Å²) in [5.41, 5.74) is 0. The lowest BCUT2D eigenvalue weighted by Crippen LogP contribution is -2.30. The first kappa shape index (κ1) is 67.6. The van der Waals surface area contributed by atoms with Crippen LogP contribution >= 0.6 is 0 Å². The molecule has 0 aromatic carbocycles. The molecule has 0 aromatic heterocycles. The van der Waals surface area contributed by atoms with Crippen LogP contribution in [0.5, 0.6) is 0 Å². The zero-order valence-electron chi connectivity index (χ0n) is 46.7. The van der Waals surface area contributed by atoms with Crippen LogP contribution < -0.4 is 0 Å². The van der Waals surface area contributed by atoms with Gasteiger partial charge < -0.3 is 14.2 Å². The number of hydrogen-bond acceptors (Lipinski definition) is 6. The number of esters is 3. The van der Waals surface area contributed by atoms with Crippen LogP contribution in [0.4, 0.5) is 0 Å². The molecule has 6 nitrogen and oxygen atoms in total. The maximum Gasteiger partial charge on any atom is 0.306 e. The van der Waals surface area contributed by atoms with Gasteiger partial charge in [-0.1, -0.05) is 266 Å². The van der Waals surface area contributed by atoms with Gasteiger partial charge in [0.15, 0.2) is 6.10 Å². The van der Waals surface area contributed by atoms with Crippen LogP contribution in [0, 0.1) is 0 Å². The minimum absolute atomic E-state index is 0.112. The molecule has 0 fully saturated rings. The predicted octanol–water partition coefficient (Wildman–Crippen LogP) is 20.3. The van der Waals surface area contributed by atoms with E-state index < -0.39 is 6.10 Å². The summed E-state index contributed by atoms with van der Waals surface area (Å²) in [6.45, 7) is 6.54. The second kappa shape index (κ2) is 59.2. The number of ether oxygens (including phenoxy) is 3. The minimum atomic E-state index is -0.825. The summed E-state index contributed by atoms with van der Waals surface area (Å²) < 4.78 is 16.8. The van der Waals surface area contributed by atoms with Gasteiger partial charge in [0.2, 0.25) is 0 Å². The van der Waals surface area contributed by atoms with Crippen LogP contribution in [0.3, 0.4) is 0 Å². The first-order valence-corrected chi connectivity index (χ1v) is 30.1. The van der Waals surface area contributed by atoms with Crippen molar-refractivity contribution in [1.29, 1.82) is 0 Å². The van der Waals surface area contributed by atoms with E-state index in [0.717, 1.165) is 64.2 Å². The Morgan fingerprint density at radius 3 is 0.873 bits per heavy atom. The van der Waals surface area contributed by atoms with Crippen molar-refractivity contribution in [3.05, 3.63) is 85.1 Å². The molecule has 0 aliphatic carbocycles. The quantitative estimate of drug-likeness (QED) is 0.0261. The third-order valence-corrected chi connectivity index (χ3v) is 12.9. The van der Waals surface area contributed by atoms with Gasteiger partial charge >= 0.3 is 17.9 Å². The lowest BCUT2D eigenvalue weighted by atomic mass is 10.0. The third-order valence-electron chi connectivity index (χ3n) is 12.9. The second-order valence-electron chi connectivity index (χ2n) is 19.9. The van der Waals surface area contributed by atoms with Crippen molar-refractivity contribution in [2.75, 3.05) is 13.2 Å². The monoisotopic (exact) mass is 989 g/mol. The van der Waals surface area contributed by atoms with E-state index in [4.69, 9.17) is 14.2 Å². The summed E-state index contributed by atoms with van der Waals surface area (Å²) in [6.07, 6.45) is 77.3. The molecule has 0 spiro atoms. The number of unbranched alkanes of at least 4 members (excludes halogenated alkanes) is 29. The molecule has 0 N–H and O–H groups in total. The van der Waals surface area contributed by atoms with Crippen LogP contribution in [0.15, 0.2) is 85.1 Å². The van der Waals surface area contributed by atoms with Crippen molar-refractivity contribution < 1.29 is 28.6 Å². The van der Waals surface area contributed by atoms with E-state index in [0.29, 0.717) is 19.3 Å². The molecule has 71 heavy (non-hydrogen) atoms. The van der Waals surface area contributed by atoms with E-state index in [9.17, 15) is 14.4 Å². The first-order chi connectivity index (χ1) is 35.0. The summed E-state index contributed by atoms with van der Waals surface area (Å²) in [7, 11) is 0. The van der Waals surface area contributed by atoms with Crippen molar-refractivity contribution in [2.45, 2.75) is 297 Å². The third kappa shape index (κ3) is 57.4. The van der Waals surface area contributed by atoms with Crippen molar-refractivity contribution in [1.82, 2.24) is 0 Å². The van der Waals surface area contributed by atoms with Crippen LogP contribution in [0.25, 0.3) is 0 Å². The highest BCUT2D eigenvalue weighted by Gasteiger charge is 2.19. The molecular weight excluding hydrogens is 877 g/mol. The molecule has 0 unspecified atom stereocenters. The van der Waals surface area contributed by atoms with Crippen LogP contribution in [0.2, 0.25) is 0 Å². The number of allylic oxidation sites excluding steroid dienone is 14. The molecule has 0 bridgehead atoms. The highest BCUT2D eigenvalue weighted by molar-refractivity contribution is 5.71. The van der Waals surface area contributed by atoms with Crippen molar-refractivity contribution in [3.63, 3.8) is 0 Å². The lowest BCUT2D eigenvalue weighted by Gasteiger charge is -2.18. The molecule has 408 valence electrons. The van der Waals surface area contributed by atoms with Gasteiger partial charge in [-0.15, -0.1) is 0 Å². The zero-order chi connectivity index (χ0) is 51.4. The highest BCUT2D eigenvalue weighted by atomic mass is 16.6. The smallest absolute Gasteiger partial charge is 0.306 e. The number of carbonyl (C=O) groups excluding carboxylic acids is 3. The van der Waals surface area contributed by atoms with E-state index in [2.05, 4.69) is 106 Å². The molecule has 0 amide bonds. The standard InChI is InChI=1S/C65H112O6/c1-4-7-10-13-16-19-22-25-28-31-32-35-37-40-43-46-49-52-55-58-64(67)70-61-62(71-65(68)59-56-53-50-47-44-41-38-34-30-27-24-21-18-15-12-9-6-3)60-69-63(66)57-54-51-48-45-42-39-36-33-29-26-23-20-17-14-11-8-5-2/h18,21,26-27,29-30,36,38-39,41,45,47-48,50,62H,4-17,19-20,22-25,28,31-35,37,40,42-44,46,49,51-61H2,1-3H3/b21-18-,29-26-,30-27-,39-36-,41-38-,48-45-,50-47-/t62-/m1/s1. The normalized spacial score (nSPS) is 12.7. The van der Waals surface area contributed by atoms with Gasteiger partial charge in [-0.05, 0) is 89.9 Å². The van der Waals surface area contributed by atoms with E-state index in [1.54, 1.807) is 0 Å². The maximum absolute atomic E-state index is 12.8. The van der Waals surface area contributed by atoms with E-state index >= 15 is 0 Å². The molecule has 1 atom stereocenters.